The van der Waals surface area contributed by atoms with E-state index in [2.05, 4.69) is 53.2 Å². The summed E-state index contributed by atoms with van der Waals surface area (Å²) < 4.78 is 48.2. The van der Waals surface area contributed by atoms with Gasteiger partial charge in [0, 0.05) is 179 Å². The van der Waals surface area contributed by atoms with E-state index in [1.807, 2.05) is 6.92 Å². The van der Waals surface area contributed by atoms with Crippen LogP contribution < -0.4 is 68.4 Å². The second-order valence-corrected chi connectivity index (χ2v) is 30.7. The van der Waals surface area contributed by atoms with E-state index >= 15 is 0 Å². The number of imide groups is 1. The van der Waals surface area contributed by atoms with Crippen LogP contribution in [0.4, 0.5) is 25.8 Å². The first-order chi connectivity index (χ1) is 58.7. The van der Waals surface area contributed by atoms with Gasteiger partial charge >= 0.3 is 18.2 Å². The highest BCUT2D eigenvalue weighted by atomic mass is 32.2. The van der Waals surface area contributed by atoms with E-state index in [9.17, 15) is 86.3 Å². The molecule has 0 saturated carbocycles. The maximum Gasteiger partial charge on any atom is 0.407 e. The summed E-state index contributed by atoms with van der Waals surface area (Å²) in [6, 6.07) is 6.92. The molecule has 0 aromatic heterocycles. The molecule has 2 heterocycles. The number of rotatable bonds is 62. The predicted octanol–water partition coefficient (Wildman–Crippen LogP) is 3.34. The first-order valence-corrected chi connectivity index (χ1v) is 42.1. The second-order valence-electron chi connectivity index (χ2n) is 29.5. The quantitative estimate of drug-likeness (QED) is 0.0149. The highest BCUT2D eigenvalue weighted by molar-refractivity contribution is 8.00. The van der Waals surface area contributed by atoms with Crippen LogP contribution >= 0.6 is 11.8 Å². The molecule has 0 aliphatic carbocycles. The van der Waals surface area contributed by atoms with Gasteiger partial charge in [-0.25, -0.2) is 14.4 Å². The number of urea groups is 1. The molecule has 123 heavy (non-hydrogen) atoms. The number of thioether (sulfide) groups is 1. The molecule has 12 N–H and O–H groups in total. The van der Waals surface area contributed by atoms with Crippen LogP contribution in [0.15, 0.2) is 36.4 Å². The molecule has 2 aliphatic rings. The lowest BCUT2D eigenvalue weighted by molar-refractivity contribution is -0.139. The summed E-state index contributed by atoms with van der Waals surface area (Å²) in [4.78, 5) is 224. The summed E-state index contributed by atoms with van der Waals surface area (Å²) in [5.41, 5.74) is 6.73. The molecule has 2 aromatic carbocycles. The Bertz CT molecular complexity index is 3820. The average Bonchev–Trinajstić information content (AvgIpc) is 1.47. The van der Waals surface area contributed by atoms with E-state index in [0.29, 0.717) is 106 Å². The fraction of sp³-hybridized carbons (Fsp3) is 0.634. The molecule has 686 valence electrons. The number of ketones is 4. The summed E-state index contributed by atoms with van der Waals surface area (Å²) in [7, 11) is 4.36. The Morgan fingerprint density at radius 2 is 1.15 bits per heavy atom. The summed E-state index contributed by atoms with van der Waals surface area (Å²) >= 11 is 1.06. The highest BCUT2D eigenvalue weighted by Crippen LogP contribution is 2.30. The zero-order chi connectivity index (χ0) is 91.2. The Morgan fingerprint density at radius 3 is 1.72 bits per heavy atom. The van der Waals surface area contributed by atoms with Crippen LogP contribution in [0.25, 0.3) is 0 Å². The van der Waals surface area contributed by atoms with Gasteiger partial charge in [-0.2, -0.15) is 0 Å². The van der Waals surface area contributed by atoms with E-state index in [1.54, 1.807) is 51.0 Å². The lowest BCUT2D eigenvalue weighted by Crippen LogP contribution is -2.47. The van der Waals surface area contributed by atoms with Gasteiger partial charge in [0.05, 0.1) is 62.7 Å². The van der Waals surface area contributed by atoms with Crippen molar-refractivity contribution < 1.29 is 129 Å². The monoisotopic (exact) mass is 1760 g/mol. The number of nitrogens with two attached hydrogens (primary N) is 1. The van der Waals surface area contributed by atoms with E-state index in [-0.39, 0.29) is 207 Å². The highest BCUT2D eigenvalue weighted by Gasteiger charge is 2.40. The summed E-state index contributed by atoms with van der Waals surface area (Å²) in [5, 5.41) is 25.2. The van der Waals surface area contributed by atoms with Gasteiger partial charge in [0.15, 0.2) is 23.6 Å². The molecular weight excluding hydrogens is 1630 g/mol. The van der Waals surface area contributed by atoms with Crippen molar-refractivity contribution in [2.75, 3.05) is 136 Å². The van der Waals surface area contributed by atoms with Crippen molar-refractivity contribution in [3.63, 3.8) is 0 Å². The largest absolute Gasteiger partial charge is 0.491 e. The van der Waals surface area contributed by atoms with Crippen LogP contribution in [0.1, 0.15) is 162 Å². The Hall–Kier alpha value is -10.9. The van der Waals surface area contributed by atoms with Crippen molar-refractivity contribution in [2.45, 2.75) is 188 Å². The lowest BCUT2D eigenvalue weighted by atomic mass is 9.89. The third kappa shape index (κ3) is 45.7. The fourth-order valence-corrected chi connectivity index (χ4v) is 13.4. The van der Waals surface area contributed by atoms with Gasteiger partial charge in [0.2, 0.25) is 59.1 Å². The van der Waals surface area contributed by atoms with E-state index in [1.165, 1.54) is 53.1 Å². The third-order valence-corrected chi connectivity index (χ3v) is 20.1. The Morgan fingerprint density at radius 1 is 0.569 bits per heavy atom. The average molecular weight is 1760 g/mol. The van der Waals surface area contributed by atoms with Crippen LogP contribution in [0.2, 0.25) is 0 Å². The number of benzene rings is 2. The predicted molar refractivity (Wildman–Crippen MR) is 448 cm³/mol. The number of primary amides is 1. The van der Waals surface area contributed by atoms with Crippen LogP contribution in [-0.4, -0.2) is 266 Å². The number of methoxy groups -OCH3 is 1. The normalized spacial score (nSPS) is 14.6. The van der Waals surface area contributed by atoms with Crippen molar-refractivity contribution >= 4 is 130 Å². The number of amides is 14. The number of carbonyl (C=O) groups is 18. The number of likely N-dealkylation sites (tertiary alicyclic amines) is 2. The van der Waals surface area contributed by atoms with Crippen molar-refractivity contribution in [1.82, 2.24) is 52.3 Å². The van der Waals surface area contributed by atoms with Crippen molar-refractivity contribution in [2.24, 2.45) is 29.4 Å². The maximum atomic E-state index is 13.9. The van der Waals surface area contributed by atoms with Crippen molar-refractivity contribution in [1.29, 1.82) is 0 Å². The topological polar surface area (TPSA) is 543 Å². The number of anilines is 2. The molecule has 41 heteroatoms. The first-order valence-electron chi connectivity index (χ1n) is 41.0. The maximum absolute atomic E-state index is 13.9. The molecule has 2 unspecified atom stereocenters. The van der Waals surface area contributed by atoms with Gasteiger partial charge in [0.1, 0.15) is 50.3 Å². The van der Waals surface area contributed by atoms with E-state index < -0.39 is 94.8 Å². The minimum Gasteiger partial charge on any atom is -0.491 e. The van der Waals surface area contributed by atoms with Crippen molar-refractivity contribution in [3.8, 4) is 11.5 Å². The molecule has 14 amide bonds. The van der Waals surface area contributed by atoms with Crippen molar-refractivity contribution in [3.05, 3.63) is 47.5 Å². The Balaban J connectivity index is 0.000000673. The Labute approximate surface area is 720 Å². The molecule has 40 nitrogen and oxygen atoms in total. The number of Topliss-reactive ketones (excluding diaryl/α,β-unsaturated/α-hetero) is 4. The summed E-state index contributed by atoms with van der Waals surface area (Å²) in [5.74, 6) is -5.67. The molecule has 4 rings (SSSR count). The molecule has 0 bridgehead atoms. The Kier molecular flexibility index (Phi) is 52.3. The standard InChI is InChI=1S/C47H71N7O17S.C35H54N6O10/c1-30(2)43(53-40(60)27-68-21-20-67-19-18-66-5)37(59)22-32(10-9-16-50-46(48)64)44(62)52-34-14-13-33(25-70-47(65)49-4)38(23-34)69-26-36(58)12-8-6-7-11-35(57)15-17-54-42(61)24-39(45(54)63)72-28-41(71-29-55)51-31(3)56;1-23-18-33(46)41(21-23)14-11-32(45)38-13-15-49-16-17-50-31-20-29(10-9-28(31)22-51-35(48)36-5)40-34(47)27(8-6-7-12-37-25(3)42)19-30(44)24(2)39-26(4)43/h13-14,23,29-30,32,39,41,43H,6-12,15-22,24-28H2,1-5H3,(H,49,65)(H,51,56)(H,52,62)(H,53,60)(H3,48,50,64);9-10,20,23-24,27H,6-8,11-19,21-22H2,1-5H3,(H,36,48)(H,37,42)(H,38,45)(H,39,43)(H,40,47)/t32-,39?,41-,43+;23?,24-,27+/m10/s1. The van der Waals surface area contributed by atoms with Gasteiger partial charge < -0.3 is 106 Å². The summed E-state index contributed by atoms with van der Waals surface area (Å²) in [6.45, 7) is 13.8. The molecule has 7 atom stereocenters. The van der Waals surface area contributed by atoms with Gasteiger partial charge in [0.25, 0.3) is 6.47 Å². The third-order valence-electron chi connectivity index (χ3n) is 18.8. The zero-order valence-corrected chi connectivity index (χ0v) is 72.9. The molecule has 0 spiro atoms. The summed E-state index contributed by atoms with van der Waals surface area (Å²) in [6.07, 6.45) is 1.64. The van der Waals surface area contributed by atoms with Gasteiger partial charge in [-0.1, -0.05) is 33.6 Å². The van der Waals surface area contributed by atoms with Crippen LogP contribution in [-0.2, 0) is 118 Å². The number of nitrogens with one attached hydrogen (secondary N) is 10. The molecule has 0 radical (unpaired) electrons. The SMILES string of the molecule is CNC(=O)OCc1ccc(NC(=O)[C@H](CCCCNC(C)=O)CC(=O)[C@H](C)NC(C)=O)cc1OCCOCCNC(=O)CCN1CC(C)CC1=O.CNC(=O)OCc1ccc(NC(=O)[C@H](CCCNC(N)=O)CC(=O)[C@@H](NC(=O)COCCOCCOC)C(C)C)cc1OCC(=O)CCCCCC(=O)CCN1C(=O)CC(SC[C@H](NC(C)=O)OC=O)C1=O. The van der Waals surface area contributed by atoms with Gasteiger partial charge in [-0.05, 0) is 81.5 Å². The number of alkyl carbamates (subject to hydrolysis) is 2. The number of unbranched alkanes of at least 4 members (excludes halogenated alkanes) is 3. The number of carbonyl (C=O) groups excluding carboxylic acids is 18. The molecule has 2 aromatic rings. The number of nitrogens with zero attached hydrogens (tertiary/aromatic N) is 2. The van der Waals surface area contributed by atoms with Crippen LogP contribution in [0.5, 0.6) is 11.5 Å². The molecule has 2 saturated heterocycles. The number of hydrogen-bond acceptors (Lipinski definition) is 28. The molecule has 2 aliphatic heterocycles. The second kappa shape index (κ2) is 60.6. The number of ether oxygens (including phenoxy) is 9. The smallest absolute Gasteiger partial charge is 0.407 e. The molecule has 2 fully saturated rings. The zero-order valence-electron chi connectivity index (χ0n) is 72.1. The minimum absolute atomic E-state index is 0.0361. The minimum atomic E-state index is -0.965. The number of hydrogen-bond donors (Lipinski definition) is 11. The fourth-order valence-electron chi connectivity index (χ4n) is 12.3. The van der Waals surface area contributed by atoms with Crippen LogP contribution in [0, 0.1) is 23.7 Å². The van der Waals surface area contributed by atoms with E-state index in [4.69, 9.17) is 48.4 Å². The van der Waals surface area contributed by atoms with Gasteiger partial charge in [-0.3, -0.25) is 76.8 Å². The van der Waals surface area contributed by atoms with Crippen LogP contribution in [0.3, 0.4) is 0 Å². The molecular formula is C82H125N13O27S. The van der Waals surface area contributed by atoms with Gasteiger partial charge in [-0.15, -0.1) is 11.8 Å². The first kappa shape index (κ1) is 106. The van der Waals surface area contributed by atoms with E-state index in [0.717, 1.165) is 16.7 Å². The lowest BCUT2D eigenvalue weighted by Gasteiger charge is -2.24.